The zero-order chi connectivity index (χ0) is 17.8. The Labute approximate surface area is 141 Å². The first-order chi connectivity index (χ1) is 10.6. The molecule has 0 fully saturated rings. The molecular weight excluding hydrogens is 318 g/mol. The first-order valence-electron chi connectivity index (χ1n) is 7.38. The fourth-order valence-corrected chi connectivity index (χ4v) is 2.24. The van der Waals surface area contributed by atoms with Gasteiger partial charge in [0.1, 0.15) is 0 Å². The second-order valence-corrected chi connectivity index (χ2v) is 6.53. The molecule has 0 aliphatic carbocycles. The molecule has 23 heavy (non-hydrogen) atoms. The van der Waals surface area contributed by atoms with Crippen LogP contribution in [0.2, 0.25) is 5.02 Å². The van der Waals surface area contributed by atoms with Gasteiger partial charge in [0.25, 0.3) is 0 Å². The molecule has 0 radical (unpaired) electrons. The van der Waals surface area contributed by atoms with E-state index in [4.69, 9.17) is 11.6 Å². The van der Waals surface area contributed by atoms with E-state index in [2.05, 4.69) is 5.32 Å². The monoisotopic (exact) mass is 338 g/mol. The van der Waals surface area contributed by atoms with Gasteiger partial charge in [-0.15, -0.1) is 0 Å². The minimum Gasteiger partial charge on any atom is -0.550 e. The van der Waals surface area contributed by atoms with Gasteiger partial charge >= 0.3 is 0 Å². The van der Waals surface area contributed by atoms with E-state index >= 15 is 0 Å². The summed E-state index contributed by atoms with van der Waals surface area (Å²) in [6.07, 6.45) is -0.732. The average Bonchev–Trinajstić information content (AvgIpc) is 2.46. The smallest absolute Gasteiger partial charge is 0.228 e. The number of carbonyl (C=O) groups is 3. The van der Waals surface area contributed by atoms with Gasteiger partial charge in [0.2, 0.25) is 5.91 Å². The minimum absolute atomic E-state index is 0.268. The Morgan fingerprint density at radius 1 is 1.17 bits per heavy atom. The van der Waals surface area contributed by atoms with Crippen molar-refractivity contribution in [2.45, 2.75) is 45.6 Å². The van der Waals surface area contributed by atoms with Gasteiger partial charge in [0.05, 0.1) is 11.5 Å². The van der Waals surface area contributed by atoms with Crippen LogP contribution in [0.15, 0.2) is 24.3 Å². The third kappa shape index (κ3) is 4.79. The highest BCUT2D eigenvalue weighted by Gasteiger charge is 2.38. The van der Waals surface area contributed by atoms with Crippen molar-refractivity contribution >= 4 is 29.3 Å². The highest BCUT2D eigenvalue weighted by atomic mass is 35.5. The number of amides is 1. The molecule has 0 aliphatic rings. The van der Waals surface area contributed by atoms with Crippen molar-refractivity contribution in [3.8, 4) is 0 Å². The van der Waals surface area contributed by atoms with Crippen LogP contribution < -0.4 is 10.4 Å². The van der Waals surface area contributed by atoms with Crippen LogP contribution in [0.3, 0.4) is 0 Å². The Balaban J connectivity index is 2.95. The van der Waals surface area contributed by atoms with E-state index in [0.29, 0.717) is 5.02 Å². The summed E-state index contributed by atoms with van der Waals surface area (Å²) in [5.41, 5.74) is -0.511. The lowest BCUT2D eigenvalue weighted by molar-refractivity contribution is -0.304. The lowest BCUT2D eigenvalue weighted by atomic mass is 9.82. The molecule has 2 unspecified atom stereocenters. The number of Topliss-reactive ketones (excluding diaryl/α,β-unsaturated/α-hetero) is 1. The molecule has 2 atom stereocenters. The molecule has 1 amide bonds. The number of carboxylic acid groups (broad SMARTS) is 1. The quantitative estimate of drug-likeness (QED) is 0.766. The highest BCUT2D eigenvalue weighted by Crippen LogP contribution is 2.23. The van der Waals surface area contributed by atoms with Gasteiger partial charge in [-0.1, -0.05) is 37.6 Å². The standard InChI is InChI=1S/C17H22ClNO4/c1-10(2)17(4,14(20)9-15(21)22)19-16(23)11(3)12-5-7-13(18)8-6-12/h5-8,10-11H,9H2,1-4H3,(H,19,23)(H,21,22)/p-1. The first kappa shape index (κ1) is 19.2. The Morgan fingerprint density at radius 2 is 1.70 bits per heavy atom. The second-order valence-electron chi connectivity index (χ2n) is 6.09. The topological polar surface area (TPSA) is 86.3 Å². The average molecular weight is 339 g/mol. The van der Waals surface area contributed by atoms with Crippen molar-refractivity contribution in [3.05, 3.63) is 34.9 Å². The summed E-state index contributed by atoms with van der Waals surface area (Å²) in [5, 5.41) is 14.0. The van der Waals surface area contributed by atoms with Gasteiger partial charge in [0.15, 0.2) is 5.78 Å². The van der Waals surface area contributed by atoms with E-state index in [1.54, 1.807) is 45.0 Å². The molecule has 0 saturated heterocycles. The molecule has 0 saturated carbocycles. The van der Waals surface area contributed by atoms with E-state index in [0.717, 1.165) is 5.56 Å². The molecule has 0 aliphatic heterocycles. The normalized spacial score (nSPS) is 14.9. The zero-order valence-electron chi connectivity index (χ0n) is 13.7. The molecule has 0 spiro atoms. The molecule has 126 valence electrons. The van der Waals surface area contributed by atoms with E-state index in [1.165, 1.54) is 6.92 Å². The first-order valence-corrected chi connectivity index (χ1v) is 7.76. The predicted molar refractivity (Wildman–Crippen MR) is 85.9 cm³/mol. The predicted octanol–water partition coefficient (Wildman–Crippen LogP) is 1.68. The molecule has 0 heterocycles. The minimum atomic E-state index is -1.46. The number of ketones is 1. The van der Waals surface area contributed by atoms with Crippen LogP contribution in [0.4, 0.5) is 0 Å². The number of halogens is 1. The number of aliphatic carboxylic acids is 1. The highest BCUT2D eigenvalue weighted by molar-refractivity contribution is 6.30. The molecule has 6 heteroatoms. The van der Waals surface area contributed by atoms with Gasteiger partial charge in [0, 0.05) is 17.4 Å². The maximum Gasteiger partial charge on any atom is 0.228 e. The summed E-state index contributed by atoms with van der Waals surface area (Å²) in [4.78, 5) is 35.4. The maximum atomic E-state index is 12.5. The van der Waals surface area contributed by atoms with E-state index in [9.17, 15) is 19.5 Å². The third-order valence-corrected chi connectivity index (χ3v) is 4.44. The fraction of sp³-hybridized carbons (Fsp3) is 0.471. The zero-order valence-corrected chi connectivity index (χ0v) is 14.4. The summed E-state index contributed by atoms with van der Waals surface area (Å²) in [7, 11) is 0. The molecule has 5 nitrogen and oxygen atoms in total. The lowest BCUT2D eigenvalue weighted by Crippen LogP contribution is -2.57. The van der Waals surface area contributed by atoms with Crippen LogP contribution >= 0.6 is 11.6 Å². The summed E-state index contributed by atoms with van der Waals surface area (Å²) in [6.45, 7) is 6.75. The van der Waals surface area contributed by atoms with Gasteiger partial charge in [-0.3, -0.25) is 9.59 Å². The van der Waals surface area contributed by atoms with Crippen molar-refractivity contribution in [2.75, 3.05) is 0 Å². The Bertz CT molecular complexity index is 597. The number of carboxylic acids is 1. The van der Waals surface area contributed by atoms with Crippen LogP contribution in [0.1, 0.15) is 45.6 Å². The Morgan fingerprint density at radius 3 is 2.13 bits per heavy atom. The number of benzene rings is 1. The SMILES string of the molecule is CC(C(=O)NC(C)(C(=O)CC(=O)[O-])C(C)C)c1ccc(Cl)cc1. The second kappa shape index (κ2) is 7.59. The van der Waals surface area contributed by atoms with Gasteiger partial charge < -0.3 is 15.2 Å². The van der Waals surface area contributed by atoms with E-state index in [1.807, 2.05) is 0 Å². The summed E-state index contributed by atoms with van der Waals surface area (Å²) in [6, 6.07) is 6.84. The Hall–Kier alpha value is -1.88. The third-order valence-electron chi connectivity index (χ3n) is 4.18. The van der Waals surface area contributed by atoms with E-state index < -0.39 is 29.6 Å². The fourth-order valence-electron chi connectivity index (χ4n) is 2.12. The van der Waals surface area contributed by atoms with Crippen molar-refractivity contribution in [2.24, 2.45) is 5.92 Å². The molecule has 1 aromatic carbocycles. The van der Waals surface area contributed by atoms with Gasteiger partial charge in [-0.05, 0) is 37.5 Å². The van der Waals surface area contributed by atoms with E-state index in [-0.39, 0.29) is 11.8 Å². The number of hydrogen-bond donors (Lipinski definition) is 1. The van der Waals surface area contributed by atoms with Crippen molar-refractivity contribution in [1.29, 1.82) is 0 Å². The molecule has 1 aromatic rings. The molecular formula is C17H21ClNO4-. The largest absolute Gasteiger partial charge is 0.550 e. The summed E-state index contributed by atoms with van der Waals surface area (Å²) >= 11 is 5.83. The lowest BCUT2D eigenvalue weighted by Gasteiger charge is -2.34. The summed E-state index contributed by atoms with van der Waals surface area (Å²) in [5.74, 6) is -3.15. The van der Waals surface area contributed by atoms with Gasteiger partial charge in [-0.25, -0.2) is 0 Å². The van der Waals surface area contributed by atoms with Crippen LogP contribution in [-0.2, 0) is 14.4 Å². The number of nitrogens with one attached hydrogen (secondary N) is 1. The van der Waals surface area contributed by atoms with Crippen molar-refractivity contribution in [3.63, 3.8) is 0 Å². The van der Waals surface area contributed by atoms with Crippen molar-refractivity contribution < 1.29 is 19.5 Å². The summed E-state index contributed by atoms with van der Waals surface area (Å²) < 4.78 is 0. The maximum absolute atomic E-state index is 12.5. The molecule has 1 rings (SSSR count). The number of hydrogen-bond acceptors (Lipinski definition) is 4. The van der Waals surface area contributed by atoms with Crippen molar-refractivity contribution in [1.82, 2.24) is 5.32 Å². The Kier molecular flexibility index (Phi) is 6.33. The van der Waals surface area contributed by atoms with Gasteiger partial charge in [-0.2, -0.15) is 0 Å². The van der Waals surface area contributed by atoms with Crippen LogP contribution in [-0.4, -0.2) is 23.2 Å². The molecule has 1 N–H and O–H groups in total. The van der Waals surface area contributed by atoms with Crippen LogP contribution in [0.5, 0.6) is 0 Å². The van der Waals surface area contributed by atoms with Crippen LogP contribution in [0, 0.1) is 5.92 Å². The van der Waals surface area contributed by atoms with Crippen LogP contribution in [0.25, 0.3) is 0 Å². The molecule has 0 bridgehead atoms. The number of rotatable bonds is 7. The molecule has 0 aromatic heterocycles. The number of carbonyl (C=O) groups excluding carboxylic acids is 3.